The third-order valence-corrected chi connectivity index (χ3v) is 3.60. The van der Waals surface area contributed by atoms with Crippen LogP contribution in [0.5, 0.6) is 0 Å². The van der Waals surface area contributed by atoms with E-state index in [2.05, 4.69) is 21.7 Å². The van der Waals surface area contributed by atoms with E-state index in [-0.39, 0.29) is 5.91 Å². The fourth-order valence-corrected chi connectivity index (χ4v) is 2.39. The lowest BCUT2D eigenvalue weighted by Gasteiger charge is -2.38. The van der Waals surface area contributed by atoms with Gasteiger partial charge in [-0.05, 0) is 47.1 Å². The maximum atomic E-state index is 12.2. The van der Waals surface area contributed by atoms with E-state index >= 15 is 0 Å². The van der Waals surface area contributed by atoms with Gasteiger partial charge in [0.1, 0.15) is 0 Å². The van der Waals surface area contributed by atoms with Crippen LogP contribution in [0, 0.1) is 0 Å². The summed E-state index contributed by atoms with van der Waals surface area (Å²) in [5, 5.41) is 0. The van der Waals surface area contributed by atoms with Crippen molar-refractivity contribution < 1.29 is 4.79 Å². The fourth-order valence-electron chi connectivity index (χ4n) is 2.39. The fraction of sp³-hybridized carbons (Fsp3) is 0.923. The molecule has 1 fully saturated rings. The number of nitrogens with two attached hydrogens (primary N) is 1. The van der Waals surface area contributed by atoms with Crippen LogP contribution >= 0.6 is 0 Å². The van der Waals surface area contributed by atoms with Crippen LogP contribution in [0.4, 0.5) is 0 Å². The van der Waals surface area contributed by atoms with Crippen molar-refractivity contribution in [2.75, 3.05) is 53.9 Å². The molecular weight excluding hydrogens is 228 g/mol. The number of piperidine rings is 1. The highest BCUT2D eigenvalue weighted by Gasteiger charge is 2.26. The molecule has 106 valence electrons. The van der Waals surface area contributed by atoms with Crippen molar-refractivity contribution in [3.63, 3.8) is 0 Å². The minimum atomic E-state index is 0.217. The molecule has 1 rings (SSSR count). The van der Waals surface area contributed by atoms with E-state index in [1.807, 2.05) is 14.1 Å². The second kappa shape index (κ2) is 7.71. The number of likely N-dealkylation sites (N-methyl/N-ethyl adjacent to an activating group) is 1. The summed E-state index contributed by atoms with van der Waals surface area (Å²) in [5.41, 5.74) is 5.51. The van der Waals surface area contributed by atoms with Gasteiger partial charge < -0.3 is 20.4 Å². The van der Waals surface area contributed by atoms with Crippen LogP contribution in [0.25, 0.3) is 0 Å². The minimum Gasteiger partial charge on any atom is -0.338 e. The van der Waals surface area contributed by atoms with E-state index in [1.54, 1.807) is 0 Å². The summed E-state index contributed by atoms with van der Waals surface area (Å²) < 4.78 is 0. The largest absolute Gasteiger partial charge is 0.338 e. The van der Waals surface area contributed by atoms with E-state index < -0.39 is 0 Å². The van der Waals surface area contributed by atoms with Gasteiger partial charge in [-0.1, -0.05) is 0 Å². The van der Waals surface area contributed by atoms with Gasteiger partial charge >= 0.3 is 0 Å². The van der Waals surface area contributed by atoms with Gasteiger partial charge in [0.15, 0.2) is 0 Å². The van der Waals surface area contributed by atoms with Crippen molar-refractivity contribution in [1.82, 2.24) is 14.7 Å². The van der Waals surface area contributed by atoms with E-state index in [1.165, 1.54) is 0 Å². The van der Waals surface area contributed by atoms with Gasteiger partial charge in [-0.3, -0.25) is 4.79 Å². The zero-order valence-electron chi connectivity index (χ0n) is 12.1. The monoisotopic (exact) mass is 256 g/mol. The van der Waals surface area contributed by atoms with Crippen LogP contribution in [0.15, 0.2) is 0 Å². The number of hydrogen-bond donors (Lipinski definition) is 1. The van der Waals surface area contributed by atoms with Crippen LogP contribution in [0.3, 0.4) is 0 Å². The van der Waals surface area contributed by atoms with Crippen molar-refractivity contribution in [2.45, 2.75) is 25.3 Å². The predicted octanol–water partition coefficient (Wildman–Crippen LogP) is -0.180. The lowest BCUT2D eigenvalue weighted by Crippen LogP contribution is -2.49. The zero-order valence-corrected chi connectivity index (χ0v) is 12.1. The molecular formula is C13H28N4O. The first-order valence-corrected chi connectivity index (χ1v) is 6.87. The molecule has 5 heteroatoms. The number of nitrogens with zero attached hydrogens (tertiary/aromatic N) is 3. The topological polar surface area (TPSA) is 52.8 Å². The molecule has 0 bridgehead atoms. The lowest BCUT2D eigenvalue weighted by molar-refractivity contribution is -0.134. The predicted molar refractivity (Wildman–Crippen MR) is 74.5 cm³/mol. The molecule has 1 amide bonds. The standard InChI is InChI=1S/C13H28N4O/c1-15(2)10-11-17(13(18)4-7-14)12-5-8-16(3)9-6-12/h12H,4-11,14H2,1-3H3. The Morgan fingerprint density at radius 2 is 1.89 bits per heavy atom. The smallest absolute Gasteiger partial charge is 0.224 e. The van der Waals surface area contributed by atoms with Crippen LogP contribution in [-0.2, 0) is 4.79 Å². The average Bonchev–Trinajstić information content (AvgIpc) is 2.31. The first kappa shape index (κ1) is 15.4. The first-order chi connectivity index (χ1) is 8.54. The number of hydrogen-bond acceptors (Lipinski definition) is 4. The minimum absolute atomic E-state index is 0.217. The first-order valence-electron chi connectivity index (χ1n) is 6.87. The number of carbonyl (C=O) groups is 1. The Balaban J connectivity index is 2.55. The van der Waals surface area contributed by atoms with Crippen LogP contribution in [-0.4, -0.2) is 80.5 Å². The van der Waals surface area contributed by atoms with Crippen LogP contribution < -0.4 is 5.73 Å². The Morgan fingerprint density at radius 3 is 2.39 bits per heavy atom. The summed E-state index contributed by atoms with van der Waals surface area (Å²) in [7, 11) is 6.22. The molecule has 0 aromatic rings. The van der Waals surface area contributed by atoms with Crippen molar-refractivity contribution in [3.8, 4) is 0 Å². The highest BCUT2D eigenvalue weighted by Crippen LogP contribution is 2.16. The van der Waals surface area contributed by atoms with Crippen molar-refractivity contribution in [2.24, 2.45) is 5.73 Å². The number of carbonyl (C=O) groups excluding carboxylic acids is 1. The molecule has 0 saturated carbocycles. The SMILES string of the molecule is CN(C)CCN(C(=O)CCN)C1CCN(C)CC1. The number of rotatable bonds is 6. The van der Waals surface area contributed by atoms with E-state index in [0.29, 0.717) is 19.0 Å². The molecule has 0 aromatic carbocycles. The molecule has 1 saturated heterocycles. The average molecular weight is 256 g/mol. The molecule has 1 heterocycles. The highest BCUT2D eigenvalue weighted by atomic mass is 16.2. The van der Waals surface area contributed by atoms with Gasteiger partial charge in [0.05, 0.1) is 0 Å². The van der Waals surface area contributed by atoms with Gasteiger partial charge in [0, 0.05) is 32.1 Å². The Morgan fingerprint density at radius 1 is 1.28 bits per heavy atom. The summed E-state index contributed by atoms with van der Waals surface area (Å²) in [6.07, 6.45) is 2.64. The van der Waals surface area contributed by atoms with Gasteiger partial charge in [-0.2, -0.15) is 0 Å². The summed E-state index contributed by atoms with van der Waals surface area (Å²) in [5.74, 6) is 0.217. The third kappa shape index (κ3) is 4.92. The molecule has 5 nitrogen and oxygen atoms in total. The molecule has 1 aliphatic rings. The second-order valence-electron chi connectivity index (χ2n) is 5.46. The van der Waals surface area contributed by atoms with E-state index in [0.717, 1.165) is 39.0 Å². The van der Waals surface area contributed by atoms with Crippen molar-refractivity contribution >= 4 is 5.91 Å². The molecule has 0 radical (unpaired) electrons. The molecule has 0 aromatic heterocycles. The van der Waals surface area contributed by atoms with E-state index in [4.69, 9.17) is 5.73 Å². The van der Waals surface area contributed by atoms with Gasteiger partial charge in [-0.15, -0.1) is 0 Å². The van der Waals surface area contributed by atoms with Gasteiger partial charge in [0.2, 0.25) is 5.91 Å². The van der Waals surface area contributed by atoms with Crippen LogP contribution in [0.2, 0.25) is 0 Å². The van der Waals surface area contributed by atoms with Crippen molar-refractivity contribution in [3.05, 3.63) is 0 Å². The molecule has 0 spiro atoms. The summed E-state index contributed by atoms with van der Waals surface area (Å²) in [6, 6.07) is 0.403. The Hall–Kier alpha value is -0.650. The maximum Gasteiger partial charge on any atom is 0.224 e. The van der Waals surface area contributed by atoms with Gasteiger partial charge in [0.25, 0.3) is 0 Å². The second-order valence-corrected chi connectivity index (χ2v) is 5.46. The number of amides is 1. The Bertz CT molecular complexity index is 249. The zero-order chi connectivity index (χ0) is 13.5. The molecule has 0 aliphatic carbocycles. The summed E-state index contributed by atoms with van der Waals surface area (Å²) >= 11 is 0. The maximum absolute atomic E-state index is 12.2. The van der Waals surface area contributed by atoms with Crippen LogP contribution in [0.1, 0.15) is 19.3 Å². The Labute approximate surface area is 111 Å². The molecule has 18 heavy (non-hydrogen) atoms. The molecule has 0 atom stereocenters. The van der Waals surface area contributed by atoms with Gasteiger partial charge in [-0.25, -0.2) is 0 Å². The van der Waals surface area contributed by atoms with Crippen molar-refractivity contribution in [1.29, 1.82) is 0 Å². The normalized spacial score (nSPS) is 18.3. The summed E-state index contributed by atoms with van der Waals surface area (Å²) in [4.78, 5) is 18.7. The molecule has 1 aliphatic heterocycles. The Kier molecular flexibility index (Phi) is 6.60. The number of likely N-dealkylation sites (tertiary alicyclic amines) is 1. The third-order valence-electron chi connectivity index (χ3n) is 3.60. The lowest BCUT2D eigenvalue weighted by atomic mass is 10.0. The summed E-state index contributed by atoms with van der Waals surface area (Å²) in [6.45, 7) is 4.35. The molecule has 2 N–H and O–H groups in total. The quantitative estimate of drug-likeness (QED) is 0.716. The highest BCUT2D eigenvalue weighted by molar-refractivity contribution is 5.76. The van der Waals surface area contributed by atoms with E-state index in [9.17, 15) is 4.79 Å². The molecule has 0 unspecified atom stereocenters.